The number of hydrogen-bond donors (Lipinski definition) is 0. The van der Waals surface area contributed by atoms with Crippen LogP contribution >= 0.6 is 0 Å². The normalized spacial score (nSPS) is 20.7. The summed E-state index contributed by atoms with van der Waals surface area (Å²) < 4.78 is 0. The maximum atomic E-state index is 9.04. The molecule has 0 aromatic heterocycles. The zero-order valence-corrected chi connectivity index (χ0v) is 11.7. The van der Waals surface area contributed by atoms with Gasteiger partial charge in [-0.15, -0.1) is 0 Å². The summed E-state index contributed by atoms with van der Waals surface area (Å²) in [6, 6.07) is 6.93. The molecule has 1 aliphatic rings. The van der Waals surface area contributed by atoms with Crippen LogP contribution in [-0.2, 0) is 6.54 Å². The Morgan fingerprint density at radius 1 is 1.28 bits per heavy atom. The van der Waals surface area contributed by atoms with Crippen LogP contribution in [0, 0.1) is 38.0 Å². The molecule has 96 valence electrons. The van der Waals surface area contributed by atoms with Crippen molar-refractivity contribution >= 4 is 0 Å². The van der Waals surface area contributed by atoms with Crippen LogP contribution in [0.1, 0.15) is 35.1 Å². The molecule has 0 saturated carbocycles. The Kier molecular flexibility index (Phi) is 4.04. The highest BCUT2D eigenvalue weighted by Gasteiger charge is 2.20. The lowest BCUT2D eigenvalue weighted by Crippen LogP contribution is -2.34. The molecule has 1 fully saturated rings. The first-order valence-corrected chi connectivity index (χ1v) is 6.79. The highest BCUT2D eigenvalue weighted by Crippen LogP contribution is 2.22. The van der Waals surface area contributed by atoms with Crippen LogP contribution in [-0.4, -0.2) is 18.0 Å². The molecule has 1 aromatic rings. The van der Waals surface area contributed by atoms with Crippen molar-refractivity contribution in [3.8, 4) is 6.07 Å². The average Bonchev–Trinajstić information content (AvgIpc) is 2.34. The van der Waals surface area contributed by atoms with Crippen molar-refractivity contribution in [1.29, 1.82) is 5.26 Å². The Morgan fingerprint density at radius 2 is 1.94 bits per heavy atom. The van der Waals surface area contributed by atoms with Gasteiger partial charge in [-0.25, -0.2) is 0 Å². The fourth-order valence-electron chi connectivity index (χ4n) is 2.99. The van der Waals surface area contributed by atoms with Gasteiger partial charge in [0.05, 0.1) is 12.0 Å². The first kappa shape index (κ1) is 13.1. The number of aryl methyl sites for hydroxylation is 3. The molecule has 1 aliphatic heterocycles. The van der Waals surface area contributed by atoms with Gasteiger partial charge in [-0.1, -0.05) is 17.7 Å². The van der Waals surface area contributed by atoms with E-state index in [2.05, 4.69) is 43.9 Å². The van der Waals surface area contributed by atoms with Gasteiger partial charge in [0.2, 0.25) is 0 Å². The molecule has 2 rings (SSSR count). The SMILES string of the molecule is Cc1cc(C)c(CN2CCCC(C#N)C2)c(C)c1. The molecule has 1 saturated heterocycles. The maximum Gasteiger partial charge on any atom is 0.0669 e. The van der Waals surface area contributed by atoms with Crippen molar-refractivity contribution in [2.45, 2.75) is 40.2 Å². The molecule has 0 radical (unpaired) electrons. The van der Waals surface area contributed by atoms with Gasteiger partial charge in [0.15, 0.2) is 0 Å². The van der Waals surface area contributed by atoms with E-state index < -0.39 is 0 Å². The van der Waals surface area contributed by atoms with Crippen molar-refractivity contribution in [1.82, 2.24) is 4.90 Å². The molecule has 0 N–H and O–H groups in total. The Balaban J connectivity index is 2.12. The zero-order chi connectivity index (χ0) is 13.1. The largest absolute Gasteiger partial charge is 0.298 e. The van der Waals surface area contributed by atoms with E-state index in [0.29, 0.717) is 0 Å². The number of rotatable bonds is 2. The zero-order valence-electron chi connectivity index (χ0n) is 11.7. The predicted octanol–water partition coefficient (Wildman–Crippen LogP) is 3.35. The molecular weight excluding hydrogens is 220 g/mol. The molecule has 1 unspecified atom stereocenters. The summed E-state index contributed by atoms with van der Waals surface area (Å²) in [6.07, 6.45) is 2.22. The van der Waals surface area contributed by atoms with Gasteiger partial charge in [0.1, 0.15) is 0 Å². The Bertz CT molecular complexity index is 447. The minimum Gasteiger partial charge on any atom is -0.298 e. The molecular formula is C16H22N2. The Labute approximate surface area is 110 Å². The van der Waals surface area contributed by atoms with Gasteiger partial charge < -0.3 is 0 Å². The van der Waals surface area contributed by atoms with E-state index in [9.17, 15) is 0 Å². The Hall–Kier alpha value is -1.33. The van der Waals surface area contributed by atoms with Crippen molar-refractivity contribution in [2.24, 2.45) is 5.92 Å². The second-order valence-corrected chi connectivity index (χ2v) is 5.58. The molecule has 0 amide bonds. The number of nitrogens with zero attached hydrogens (tertiary/aromatic N) is 2. The first-order valence-electron chi connectivity index (χ1n) is 6.79. The number of benzene rings is 1. The number of piperidine rings is 1. The lowest BCUT2D eigenvalue weighted by molar-refractivity contribution is 0.191. The van der Waals surface area contributed by atoms with Crippen LogP contribution in [0.25, 0.3) is 0 Å². The third-order valence-electron chi connectivity index (χ3n) is 3.91. The highest BCUT2D eigenvalue weighted by atomic mass is 15.1. The molecule has 0 bridgehead atoms. The lowest BCUT2D eigenvalue weighted by atomic mass is 9.96. The third kappa shape index (κ3) is 2.91. The summed E-state index contributed by atoms with van der Waals surface area (Å²) in [5.41, 5.74) is 5.54. The van der Waals surface area contributed by atoms with Crippen LogP contribution in [0.3, 0.4) is 0 Å². The van der Waals surface area contributed by atoms with Crippen LogP contribution in [0.4, 0.5) is 0 Å². The molecule has 2 nitrogen and oxygen atoms in total. The van der Waals surface area contributed by atoms with E-state index in [-0.39, 0.29) is 5.92 Å². The van der Waals surface area contributed by atoms with E-state index in [0.717, 1.165) is 32.5 Å². The van der Waals surface area contributed by atoms with Gasteiger partial charge in [-0.05, 0) is 56.8 Å². The molecule has 18 heavy (non-hydrogen) atoms. The molecule has 0 spiro atoms. The van der Waals surface area contributed by atoms with Gasteiger partial charge >= 0.3 is 0 Å². The number of hydrogen-bond acceptors (Lipinski definition) is 2. The Morgan fingerprint density at radius 3 is 2.56 bits per heavy atom. The summed E-state index contributed by atoms with van der Waals surface area (Å²) >= 11 is 0. The summed E-state index contributed by atoms with van der Waals surface area (Å²) in [7, 11) is 0. The maximum absolute atomic E-state index is 9.04. The highest BCUT2D eigenvalue weighted by molar-refractivity contribution is 5.37. The monoisotopic (exact) mass is 242 g/mol. The molecule has 1 atom stereocenters. The van der Waals surface area contributed by atoms with Gasteiger partial charge in [-0.3, -0.25) is 4.90 Å². The molecule has 2 heteroatoms. The standard InChI is InChI=1S/C16H22N2/c1-12-7-13(2)16(14(3)8-12)11-18-6-4-5-15(9-17)10-18/h7-8,15H,4-6,10-11H2,1-3H3. The fraction of sp³-hybridized carbons (Fsp3) is 0.562. The number of nitriles is 1. The van der Waals surface area contributed by atoms with E-state index in [1.807, 2.05) is 0 Å². The second-order valence-electron chi connectivity index (χ2n) is 5.58. The summed E-state index contributed by atoms with van der Waals surface area (Å²) in [4.78, 5) is 2.43. The van der Waals surface area contributed by atoms with E-state index in [4.69, 9.17) is 5.26 Å². The third-order valence-corrected chi connectivity index (χ3v) is 3.91. The van der Waals surface area contributed by atoms with Gasteiger partial charge in [0, 0.05) is 13.1 Å². The van der Waals surface area contributed by atoms with Crippen LogP contribution in [0.2, 0.25) is 0 Å². The van der Waals surface area contributed by atoms with Crippen molar-refractivity contribution in [2.75, 3.05) is 13.1 Å². The van der Waals surface area contributed by atoms with Crippen molar-refractivity contribution in [3.63, 3.8) is 0 Å². The summed E-state index contributed by atoms with van der Waals surface area (Å²) in [5, 5.41) is 9.04. The van der Waals surface area contributed by atoms with Crippen LogP contribution < -0.4 is 0 Å². The van der Waals surface area contributed by atoms with Crippen LogP contribution in [0.15, 0.2) is 12.1 Å². The molecule has 0 aliphatic carbocycles. The van der Waals surface area contributed by atoms with E-state index in [1.165, 1.54) is 22.3 Å². The average molecular weight is 242 g/mol. The minimum absolute atomic E-state index is 0.227. The predicted molar refractivity (Wildman–Crippen MR) is 74.3 cm³/mol. The van der Waals surface area contributed by atoms with Crippen LogP contribution in [0.5, 0.6) is 0 Å². The smallest absolute Gasteiger partial charge is 0.0669 e. The topological polar surface area (TPSA) is 27.0 Å². The first-order chi connectivity index (χ1) is 8.60. The summed E-state index contributed by atoms with van der Waals surface area (Å²) in [6.45, 7) is 9.60. The van der Waals surface area contributed by atoms with Crippen molar-refractivity contribution in [3.05, 3.63) is 34.4 Å². The summed E-state index contributed by atoms with van der Waals surface area (Å²) in [5.74, 6) is 0.227. The van der Waals surface area contributed by atoms with E-state index in [1.54, 1.807) is 0 Å². The van der Waals surface area contributed by atoms with E-state index >= 15 is 0 Å². The van der Waals surface area contributed by atoms with Gasteiger partial charge in [-0.2, -0.15) is 5.26 Å². The minimum atomic E-state index is 0.227. The quantitative estimate of drug-likeness (QED) is 0.795. The van der Waals surface area contributed by atoms with Gasteiger partial charge in [0.25, 0.3) is 0 Å². The second kappa shape index (κ2) is 5.54. The molecule has 1 aromatic carbocycles. The lowest BCUT2D eigenvalue weighted by Gasteiger charge is -2.30. The number of likely N-dealkylation sites (tertiary alicyclic amines) is 1. The molecule has 1 heterocycles. The van der Waals surface area contributed by atoms with Crippen molar-refractivity contribution < 1.29 is 0 Å². The fourth-order valence-corrected chi connectivity index (χ4v) is 2.99.